The van der Waals surface area contributed by atoms with Crippen LogP contribution in [0.5, 0.6) is 0 Å². The van der Waals surface area contributed by atoms with Crippen LogP contribution in [0.2, 0.25) is 0 Å². The van der Waals surface area contributed by atoms with Crippen LogP contribution in [-0.4, -0.2) is 79.0 Å². The Kier molecular flexibility index (Phi) is 23.3. The monoisotopic (exact) mass is 1200 g/mol. The summed E-state index contributed by atoms with van der Waals surface area (Å²) < 4.78 is 3.10. The number of carbonyl (C=O) groups excluding carboxylic acids is 6. The number of carbonyl (C=O) groups is 6. The molecule has 0 spiro atoms. The zero-order chi connectivity index (χ0) is 61.8. The Balaban J connectivity index is 0.000000194. The van der Waals surface area contributed by atoms with Gasteiger partial charge >= 0.3 is 0 Å². The lowest BCUT2D eigenvalue weighted by atomic mass is 10.0. The number of thioether (sulfide) groups is 1. The Morgan fingerprint density at radius 2 is 0.864 bits per heavy atom. The van der Waals surface area contributed by atoms with Gasteiger partial charge in [0.1, 0.15) is 23.3 Å². The highest BCUT2D eigenvalue weighted by molar-refractivity contribution is 8.02. The van der Waals surface area contributed by atoms with Gasteiger partial charge in [0.2, 0.25) is 5.78 Å². The minimum absolute atomic E-state index is 0. The smallest absolute Gasteiger partial charge is 0.251 e. The second-order valence-electron chi connectivity index (χ2n) is 21.3. The van der Waals surface area contributed by atoms with E-state index in [0.29, 0.717) is 73.3 Å². The molecule has 8 aromatic rings. The number of nitrogens with zero attached hydrogens (tertiary/aromatic N) is 5. The number of Topliss-reactive ketones (excluding diaryl/α,β-unsaturated/α-hetero) is 1. The van der Waals surface area contributed by atoms with Gasteiger partial charge in [-0.25, -0.2) is 14.8 Å². The number of quaternary nitrogens is 1. The first-order chi connectivity index (χ1) is 41.3. The summed E-state index contributed by atoms with van der Waals surface area (Å²) in [7, 11) is 0. The summed E-state index contributed by atoms with van der Waals surface area (Å²) in [5.74, 6) is 3.42. The molecule has 3 aliphatic rings. The van der Waals surface area contributed by atoms with Crippen molar-refractivity contribution in [3.05, 3.63) is 229 Å². The maximum Gasteiger partial charge on any atom is 0.251 e. The van der Waals surface area contributed by atoms with E-state index in [4.69, 9.17) is 16.7 Å². The summed E-state index contributed by atoms with van der Waals surface area (Å²) >= 11 is 1.42. The van der Waals surface area contributed by atoms with Gasteiger partial charge in [-0.2, -0.15) is 15.5 Å². The summed E-state index contributed by atoms with van der Waals surface area (Å²) in [6.45, 7) is 11.1. The van der Waals surface area contributed by atoms with E-state index >= 15 is 0 Å². The van der Waals surface area contributed by atoms with Crippen LogP contribution in [0.1, 0.15) is 162 Å². The fourth-order valence-electron chi connectivity index (χ4n) is 9.01. The first-order valence-electron chi connectivity index (χ1n) is 28.2. The molecule has 0 aliphatic heterocycles. The molecule has 11 rings (SSSR count). The molecule has 88 heavy (non-hydrogen) atoms. The minimum atomic E-state index is -0.204. The SMILES string of the molecule is C.C.CS/C(C)=C(\C#N)C(=O)c1ccccc1.Cc1ccc(C(=O)NC2CC2)cc1-n1nc(C)c(C(=O)c2ccccc2)c1N.Cc1ccc(C(=O)NC2CC2)cc1-n1nc(C)c(C(=O)c2ccccc2)c1N.Cc1ccc(C(=O)NC2CC2)cc1N[NH3+]. The Labute approximate surface area is 519 Å². The third-order valence-corrected chi connectivity index (χ3v) is 15.4. The van der Waals surface area contributed by atoms with Crippen molar-refractivity contribution in [3.8, 4) is 17.4 Å². The highest BCUT2D eigenvalue weighted by Crippen LogP contribution is 2.30. The number of nitrogen functional groups attached to an aromatic ring is 2. The van der Waals surface area contributed by atoms with Gasteiger partial charge in [-0.3, -0.25) is 34.6 Å². The molecule has 3 aliphatic carbocycles. The van der Waals surface area contributed by atoms with Crippen molar-refractivity contribution in [3.63, 3.8) is 0 Å². The Hall–Kier alpha value is -9.90. The first-order valence-corrected chi connectivity index (χ1v) is 29.5. The first kappa shape index (κ1) is 67.2. The van der Waals surface area contributed by atoms with Crippen LogP contribution in [-0.2, 0) is 0 Å². The van der Waals surface area contributed by atoms with E-state index in [9.17, 15) is 28.8 Å². The maximum atomic E-state index is 12.9. The molecule has 0 radical (unpaired) electrons. The molecule has 456 valence electrons. The second-order valence-corrected chi connectivity index (χ2v) is 22.3. The Morgan fingerprint density at radius 1 is 0.523 bits per heavy atom. The average Bonchev–Trinajstić information content (AvgIpc) is 2.16. The molecule has 3 amide bonds. The van der Waals surface area contributed by atoms with Gasteiger partial charge in [-0.1, -0.05) is 124 Å². The molecular weight excluding hydrogens is 1120 g/mol. The number of hydrogen-bond donors (Lipinski definition) is 7. The van der Waals surface area contributed by atoms with Crippen molar-refractivity contribution in [2.75, 3.05) is 23.1 Å². The molecule has 3 fully saturated rings. The lowest BCUT2D eigenvalue weighted by molar-refractivity contribution is -0.325. The van der Waals surface area contributed by atoms with Gasteiger partial charge in [0.05, 0.1) is 39.6 Å². The molecule has 6 aromatic carbocycles. The number of nitriles is 1. The van der Waals surface area contributed by atoms with Gasteiger partial charge in [-0.15, -0.1) is 11.8 Å². The van der Waals surface area contributed by atoms with Gasteiger partial charge in [-0.05, 0) is 139 Å². The molecule has 2 heterocycles. The van der Waals surface area contributed by atoms with Crippen LogP contribution < -0.4 is 38.7 Å². The number of benzene rings is 6. The van der Waals surface area contributed by atoms with Crippen LogP contribution in [0.4, 0.5) is 17.3 Å². The molecular formula is C69H79N12O6S+. The van der Waals surface area contributed by atoms with Crippen molar-refractivity contribution < 1.29 is 34.6 Å². The molecule has 19 heteroatoms. The average molecular weight is 1200 g/mol. The van der Waals surface area contributed by atoms with Crippen molar-refractivity contribution >= 4 is 64.2 Å². The molecule has 18 nitrogen and oxygen atoms in total. The highest BCUT2D eigenvalue weighted by atomic mass is 32.2. The lowest BCUT2D eigenvalue weighted by Gasteiger charge is -2.11. The Morgan fingerprint density at radius 3 is 1.19 bits per heavy atom. The predicted molar refractivity (Wildman–Crippen MR) is 350 cm³/mol. The van der Waals surface area contributed by atoms with E-state index in [-0.39, 0.29) is 79.2 Å². The van der Waals surface area contributed by atoms with E-state index in [1.165, 1.54) is 11.8 Å². The number of nitrogens with one attached hydrogen (secondary N) is 4. The normalized spacial score (nSPS) is 13.0. The molecule has 0 unspecified atom stereocenters. The predicted octanol–water partition coefficient (Wildman–Crippen LogP) is 11.1. The quantitative estimate of drug-likeness (QED) is 0.0205. The van der Waals surface area contributed by atoms with E-state index in [1.54, 1.807) is 103 Å². The lowest BCUT2D eigenvalue weighted by Crippen LogP contribution is -2.56. The maximum absolute atomic E-state index is 12.9. The molecule has 0 saturated heterocycles. The van der Waals surface area contributed by atoms with Gasteiger partial charge in [0, 0.05) is 56.4 Å². The van der Waals surface area contributed by atoms with Crippen molar-refractivity contribution in [1.29, 1.82) is 5.26 Å². The van der Waals surface area contributed by atoms with Crippen LogP contribution in [0.3, 0.4) is 0 Å². The fraction of sp³-hybridized carbons (Fsp3) is 0.261. The van der Waals surface area contributed by atoms with Crippen LogP contribution in [0.25, 0.3) is 11.4 Å². The molecule has 0 atom stereocenters. The van der Waals surface area contributed by atoms with Crippen LogP contribution in [0.15, 0.2) is 156 Å². The third-order valence-electron chi connectivity index (χ3n) is 14.6. The van der Waals surface area contributed by atoms with Crippen molar-refractivity contribution in [1.82, 2.24) is 35.5 Å². The third kappa shape index (κ3) is 16.7. The minimum Gasteiger partial charge on any atom is -0.383 e. The van der Waals surface area contributed by atoms with Crippen molar-refractivity contribution in [2.24, 2.45) is 0 Å². The number of allylic oxidation sites excluding steroid dienone is 2. The Bertz CT molecular complexity index is 3740. The van der Waals surface area contributed by atoms with E-state index < -0.39 is 0 Å². The number of nitrogens with two attached hydrogens (primary N) is 2. The fourth-order valence-corrected chi connectivity index (χ4v) is 9.35. The summed E-state index contributed by atoms with van der Waals surface area (Å²) in [6, 6.07) is 46.2. The van der Waals surface area contributed by atoms with Crippen LogP contribution in [0, 0.1) is 45.9 Å². The molecule has 0 bridgehead atoms. The zero-order valence-corrected chi connectivity index (χ0v) is 50.1. The summed E-state index contributed by atoms with van der Waals surface area (Å²) in [6.07, 6.45) is 8.18. The van der Waals surface area contributed by atoms with Crippen LogP contribution >= 0.6 is 11.8 Å². The number of aryl methyl sites for hydroxylation is 5. The number of aromatic nitrogens is 4. The van der Waals surface area contributed by atoms with Crippen molar-refractivity contribution in [2.45, 2.75) is 113 Å². The second kappa shape index (κ2) is 30.4. The molecule has 2 aromatic heterocycles. The van der Waals surface area contributed by atoms with Gasteiger partial charge in [0.15, 0.2) is 11.6 Å². The zero-order valence-electron chi connectivity index (χ0n) is 49.3. The topological polar surface area (TPSA) is 290 Å². The molecule has 3 saturated carbocycles. The van der Waals surface area contributed by atoms with E-state index in [1.807, 2.05) is 106 Å². The molecule has 11 N–H and O–H groups in total. The van der Waals surface area contributed by atoms with Gasteiger partial charge < -0.3 is 27.4 Å². The number of ketones is 3. The summed E-state index contributed by atoms with van der Waals surface area (Å²) in [5, 5.41) is 26.8. The largest absolute Gasteiger partial charge is 0.383 e. The van der Waals surface area contributed by atoms with E-state index in [0.717, 1.165) is 65.8 Å². The van der Waals surface area contributed by atoms with Gasteiger partial charge in [0.25, 0.3) is 17.7 Å². The number of anilines is 3. The number of amides is 3. The van der Waals surface area contributed by atoms with E-state index in [2.05, 4.69) is 37.4 Å². The standard InChI is InChI=1S/2C22H22N4O2.C12H11NOS.C11H15N3O.2CH4/c2*1-13-8-9-16(22(28)24-17-10-11-17)12-18(13)26-21(23)19(14(2)25-26)20(27)15-6-4-3-5-7-15;1-9(15-2)11(8-13)12(14)10-6-4-3-5-7-10;1-7-2-3-8(6-10(7)14-12)11(15)13-9-4-5-9;;/h2*3-9,12,17H,10-11,23H2,1-2H3,(H,24,28);3-7H,1-2H3;2-3,6,9,14H,4-5,12H2,1H3,(H,13,15);2*1H4/p+1/b;;11-9+;;;. The summed E-state index contributed by atoms with van der Waals surface area (Å²) in [5.41, 5.74) is 26.3. The summed E-state index contributed by atoms with van der Waals surface area (Å²) in [4.78, 5) is 75.0. The highest BCUT2D eigenvalue weighted by Gasteiger charge is 2.28. The number of hydrogen-bond acceptors (Lipinski definition) is 13. The number of rotatable bonds is 16.